The molecule has 1 aromatic carbocycles. The van der Waals surface area contributed by atoms with Gasteiger partial charge in [-0.15, -0.1) is 0 Å². The molecule has 1 N–H and O–H groups in total. The van der Waals surface area contributed by atoms with Crippen molar-refractivity contribution in [2.45, 2.75) is 27.2 Å². The Balaban J connectivity index is 2.85. The zero-order chi connectivity index (χ0) is 13.0. The summed E-state index contributed by atoms with van der Waals surface area (Å²) in [5, 5.41) is 9.07. The molecule has 0 amide bonds. The van der Waals surface area contributed by atoms with Crippen molar-refractivity contribution in [2.75, 3.05) is 18.5 Å². The van der Waals surface area contributed by atoms with E-state index in [1.165, 1.54) is 11.1 Å². The second-order valence-electron chi connectivity index (χ2n) is 4.61. The van der Waals surface area contributed by atoms with E-state index in [-0.39, 0.29) is 5.92 Å². The predicted octanol–water partition coefficient (Wildman–Crippen LogP) is 2.85. The first-order valence-corrected chi connectivity index (χ1v) is 5.97. The molecule has 0 bridgehead atoms. The highest BCUT2D eigenvalue weighted by Gasteiger charge is 2.18. The minimum atomic E-state index is -0.718. The summed E-state index contributed by atoms with van der Waals surface area (Å²) >= 11 is 0. The Morgan fingerprint density at radius 1 is 1.41 bits per heavy atom. The molecule has 1 rings (SSSR count). The molecule has 3 heteroatoms. The van der Waals surface area contributed by atoms with Crippen LogP contribution in [-0.2, 0) is 4.79 Å². The monoisotopic (exact) mass is 235 g/mol. The molecule has 0 saturated carbocycles. The molecule has 17 heavy (non-hydrogen) atoms. The van der Waals surface area contributed by atoms with Crippen LogP contribution >= 0.6 is 0 Å². The third-order valence-electron chi connectivity index (χ3n) is 3.11. The van der Waals surface area contributed by atoms with Crippen LogP contribution < -0.4 is 4.90 Å². The minimum absolute atomic E-state index is 0.306. The molecule has 0 aromatic heterocycles. The van der Waals surface area contributed by atoms with Crippen molar-refractivity contribution in [2.24, 2.45) is 5.92 Å². The van der Waals surface area contributed by atoms with Crippen LogP contribution in [0.15, 0.2) is 18.2 Å². The summed E-state index contributed by atoms with van der Waals surface area (Å²) < 4.78 is 0. The maximum atomic E-state index is 11.0. The molecule has 0 heterocycles. The van der Waals surface area contributed by atoms with E-state index in [4.69, 9.17) is 5.11 Å². The first-order valence-electron chi connectivity index (χ1n) is 5.97. The summed E-state index contributed by atoms with van der Waals surface area (Å²) in [6.07, 6.45) is 0.657. The van der Waals surface area contributed by atoms with Gasteiger partial charge in [0.25, 0.3) is 0 Å². The molecular weight excluding hydrogens is 214 g/mol. The van der Waals surface area contributed by atoms with Gasteiger partial charge in [0.1, 0.15) is 0 Å². The van der Waals surface area contributed by atoms with Gasteiger partial charge in [-0.3, -0.25) is 4.79 Å². The van der Waals surface area contributed by atoms with Gasteiger partial charge in [0, 0.05) is 19.3 Å². The highest BCUT2D eigenvalue weighted by atomic mass is 16.4. The second kappa shape index (κ2) is 5.71. The lowest BCUT2D eigenvalue weighted by Gasteiger charge is -2.24. The number of aryl methyl sites for hydroxylation is 2. The van der Waals surface area contributed by atoms with E-state index in [2.05, 4.69) is 18.2 Å². The van der Waals surface area contributed by atoms with Crippen LogP contribution in [0.2, 0.25) is 0 Å². The molecule has 0 spiro atoms. The predicted molar refractivity (Wildman–Crippen MR) is 70.6 cm³/mol. The van der Waals surface area contributed by atoms with Gasteiger partial charge < -0.3 is 10.0 Å². The standard InChI is InChI=1S/C14H21NO2/c1-5-12(14(16)17)9-15(4)13-8-10(2)6-7-11(13)3/h6-8,12H,5,9H2,1-4H3,(H,16,17). The molecule has 1 aromatic rings. The number of aliphatic carboxylic acids is 1. The molecule has 0 fully saturated rings. The van der Waals surface area contributed by atoms with E-state index in [0.29, 0.717) is 13.0 Å². The van der Waals surface area contributed by atoms with Crippen LogP contribution in [0, 0.1) is 19.8 Å². The molecule has 3 nitrogen and oxygen atoms in total. The number of rotatable bonds is 5. The number of anilines is 1. The Kier molecular flexibility index (Phi) is 4.55. The molecule has 0 aliphatic heterocycles. The third kappa shape index (κ3) is 3.48. The van der Waals surface area contributed by atoms with Crippen LogP contribution in [0.25, 0.3) is 0 Å². The van der Waals surface area contributed by atoms with Gasteiger partial charge in [-0.05, 0) is 37.5 Å². The van der Waals surface area contributed by atoms with Gasteiger partial charge >= 0.3 is 5.97 Å². The lowest BCUT2D eigenvalue weighted by molar-refractivity contribution is -0.141. The average molecular weight is 235 g/mol. The maximum absolute atomic E-state index is 11.0. The first kappa shape index (κ1) is 13.6. The Labute approximate surface area is 103 Å². The Morgan fingerprint density at radius 2 is 2.06 bits per heavy atom. The maximum Gasteiger partial charge on any atom is 0.308 e. The summed E-state index contributed by atoms with van der Waals surface area (Å²) in [7, 11) is 1.95. The molecule has 1 atom stereocenters. The molecule has 0 aliphatic rings. The van der Waals surface area contributed by atoms with Crippen molar-refractivity contribution in [3.8, 4) is 0 Å². The lowest BCUT2D eigenvalue weighted by atomic mass is 10.0. The van der Waals surface area contributed by atoms with E-state index in [9.17, 15) is 4.79 Å². The minimum Gasteiger partial charge on any atom is -0.481 e. The Hall–Kier alpha value is -1.51. The number of nitrogens with zero attached hydrogens (tertiary/aromatic N) is 1. The number of carboxylic acids is 1. The largest absolute Gasteiger partial charge is 0.481 e. The van der Waals surface area contributed by atoms with Crippen molar-refractivity contribution in [1.29, 1.82) is 0 Å². The van der Waals surface area contributed by atoms with Gasteiger partial charge in [0.05, 0.1) is 5.92 Å². The summed E-state index contributed by atoms with van der Waals surface area (Å²) in [4.78, 5) is 13.1. The smallest absolute Gasteiger partial charge is 0.308 e. The summed E-state index contributed by atoms with van der Waals surface area (Å²) in [5.41, 5.74) is 3.49. The molecule has 94 valence electrons. The van der Waals surface area contributed by atoms with Crippen molar-refractivity contribution in [3.05, 3.63) is 29.3 Å². The van der Waals surface area contributed by atoms with Crippen molar-refractivity contribution < 1.29 is 9.90 Å². The fourth-order valence-electron chi connectivity index (χ4n) is 1.94. The Morgan fingerprint density at radius 3 is 2.59 bits per heavy atom. The third-order valence-corrected chi connectivity index (χ3v) is 3.11. The van der Waals surface area contributed by atoms with Crippen molar-refractivity contribution in [1.82, 2.24) is 0 Å². The summed E-state index contributed by atoms with van der Waals surface area (Å²) in [6.45, 7) is 6.56. The summed E-state index contributed by atoms with van der Waals surface area (Å²) in [5.74, 6) is -1.02. The van der Waals surface area contributed by atoms with Gasteiger partial charge in [0.2, 0.25) is 0 Å². The van der Waals surface area contributed by atoms with Crippen LogP contribution in [-0.4, -0.2) is 24.7 Å². The van der Waals surface area contributed by atoms with E-state index in [1.807, 2.05) is 32.7 Å². The number of carbonyl (C=O) groups is 1. The average Bonchev–Trinajstić information content (AvgIpc) is 2.28. The fourth-order valence-corrected chi connectivity index (χ4v) is 1.94. The van der Waals surface area contributed by atoms with Gasteiger partial charge in [-0.25, -0.2) is 0 Å². The number of hydrogen-bond donors (Lipinski definition) is 1. The fraction of sp³-hybridized carbons (Fsp3) is 0.500. The van der Waals surface area contributed by atoms with E-state index >= 15 is 0 Å². The van der Waals surface area contributed by atoms with Gasteiger partial charge in [-0.1, -0.05) is 19.1 Å². The first-order chi connectivity index (χ1) is 7.95. The van der Waals surface area contributed by atoms with Gasteiger partial charge in [-0.2, -0.15) is 0 Å². The van der Waals surface area contributed by atoms with Crippen molar-refractivity contribution >= 4 is 11.7 Å². The SMILES string of the molecule is CCC(CN(C)c1cc(C)ccc1C)C(=O)O. The zero-order valence-electron chi connectivity index (χ0n) is 11.0. The lowest BCUT2D eigenvalue weighted by Crippen LogP contribution is -2.30. The number of benzene rings is 1. The van der Waals surface area contributed by atoms with Crippen LogP contribution in [0.3, 0.4) is 0 Å². The molecule has 0 saturated heterocycles. The topological polar surface area (TPSA) is 40.5 Å². The second-order valence-corrected chi connectivity index (χ2v) is 4.61. The van der Waals surface area contributed by atoms with Gasteiger partial charge in [0.15, 0.2) is 0 Å². The molecule has 1 unspecified atom stereocenters. The Bertz CT molecular complexity index is 401. The van der Waals surface area contributed by atoms with Crippen LogP contribution in [0.5, 0.6) is 0 Å². The van der Waals surface area contributed by atoms with E-state index in [0.717, 1.165) is 5.69 Å². The zero-order valence-corrected chi connectivity index (χ0v) is 11.0. The summed E-state index contributed by atoms with van der Waals surface area (Å²) in [6, 6.07) is 6.24. The molecule has 0 radical (unpaired) electrons. The number of carboxylic acid groups (broad SMARTS) is 1. The number of hydrogen-bond acceptors (Lipinski definition) is 2. The van der Waals surface area contributed by atoms with Crippen LogP contribution in [0.4, 0.5) is 5.69 Å². The quantitative estimate of drug-likeness (QED) is 0.853. The van der Waals surface area contributed by atoms with E-state index < -0.39 is 5.97 Å². The van der Waals surface area contributed by atoms with Crippen LogP contribution in [0.1, 0.15) is 24.5 Å². The molecular formula is C14H21NO2. The molecule has 0 aliphatic carbocycles. The van der Waals surface area contributed by atoms with E-state index in [1.54, 1.807) is 0 Å². The normalized spacial score (nSPS) is 12.2. The highest BCUT2D eigenvalue weighted by molar-refractivity contribution is 5.71. The van der Waals surface area contributed by atoms with Crippen molar-refractivity contribution in [3.63, 3.8) is 0 Å². The highest BCUT2D eigenvalue weighted by Crippen LogP contribution is 2.21.